The number of hydrogen-bond acceptors (Lipinski definition) is 4. The molecule has 34 heavy (non-hydrogen) atoms. The molecule has 1 amide bonds. The smallest absolute Gasteiger partial charge is 0.320 e. The fourth-order valence-electron chi connectivity index (χ4n) is 3.75. The third kappa shape index (κ3) is 4.43. The van der Waals surface area contributed by atoms with E-state index in [0.29, 0.717) is 40.4 Å². The Hall–Kier alpha value is -4.33. The highest BCUT2D eigenvalue weighted by Crippen LogP contribution is 2.30. The zero-order chi connectivity index (χ0) is 23.5. The number of para-hydroxylation sites is 2. The first-order valence-electron chi connectivity index (χ1n) is 10.7. The Morgan fingerprint density at radius 1 is 0.941 bits per heavy atom. The molecule has 3 aromatic carbocycles. The quantitative estimate of drug-likeness (QED) is 0.310. The van der Waals surface area contributed by atoms with Gasteiger partial charge in [0.25, 0.3) is 0 Å². The molecule has 0 fully saturated rings. The van der Waals surface area contributed by atoms with E-state index in [-0.39, 0.29) is 18.2 Å². The van der Waals surface area contributed by atoms with Crippen molar-refractivity contribution in [3.63, 3.8) is 0 Å². The summed E-state index contributed by atoms with van der Waals surface area (Å²) < 4.78 is 34.0. The number of benzene rings is 3. The van der Waals surface area contributed by atoms with E-state index in [0.717, 1.165) is 10.1 Å². The highest BCUT2D eigenvalue weighted by Gasteiger charge is 2.18. The fraction of sp³-hybridized carbons (Fsp3) is 0.115. The fourth-order valence-corrected chi connectivity index (χ4v) is 3.75. The van der Waals surface area contributed by atoms with E-state index in [1.165, 1.54) is 0 Å². The molecule has 0 saturated carbocycles. The lowest BCUT2D eigenvalue weighted by Crippen LogP contribution is -2.12. The van der Waals surface area contributed by atoms with Gasteiger partial charge in [-0.05, 0) is 36.4 Å². The van der Waals surface area contributed by atoms with Crippen molar-refractivity contribution in [1.82, 2.24) is 14.5 Å². The van der Waals surface area contributed by atoms with Crippen molar-refractivity contribution < 1.29 is 18.0 Å². The molecule has 0 bridgehead atoms. The number of imidazole rings is 1. The molecule has 5 rings (SSSR count). The van der Waals surface area contributed by atoms with Crippen LogP contribution in [0.1, 0.15) is 18.9 Å². The molecule has 8 heteroatoms. The van der Waals surface area contributed by atoms with Gasteiger partial charge in [-0.1, -0.05) is 42.5 Å². The van der Waals surface area contributed by atoms with Gasteiger partial charge in [0, 0.05) is 29.7 Å². The lowest BCUT2D eigenvalue weighted by molar-refractivity contribution is -0.116. The van der Waals surface area contributed by atoms with Crippen LogP contribution in [0.15, 0.2) is 89.5 Å². The maximum atomic E-state index is 13.7. The van der Waals surface area contributed by atoms with Gasteiger partial charge in [0.2, 0.25) is 5.91 Å². The first kappa shape index (κ1) is 21.5. The lowest BCUT2D eigenvalue weighted by atomic mass is 10.2. The van der Waals surface area contributed by atoms with Gasteiger partial charge < -0.3 is 9.73 Å². The summed E-state index contributed by atoms with van der Waals surface area (Å²) in [5.41, 5.74) is 2.88. The minimum absolute atomic E-state index is 0.173. The van der Waals surface area contributed by atoms with Gasteiger partial charge in [-0.2, -0.15) is 8.78 Å². The van der Waals surface area contributed by atoms with Crippen LogP contribution in [0.2, 0.25) is 0 Å². The molecule has 0 radical (unpaired) electrons. The van der Waals surface area contributed by atoms with E-state index >= 15 is 0 Å². The Bertz CT molecular complexity index is 1430. The number of nitrogens with one attached hydrogen (secondary N) is 1. The monoisotopic (exact) mass is 458 g/mol. The minimum Gasteiger partial charge on any atom is -0.441 e. The number of aromatic nitrogens is 3. The first-order valence-corrected chi connectivity index (χ1v) is 10.7. The van der Waals surface area contributed by atoms with E-state index in [4.69, 9.17) is 4.42 Å². The molecular formula is C26H20F2N4O2. The van der Waals surface area contributed by atoms with Crippen LogP contribution in [0.4, 0.5) is 14.5 Å². The van der Waals surface area contributed by atoms with Crippen molar-refractivity contribution >= 4 is 22.6 Å². The summed E-state index contributed by atoms with van der Waals surface area (Å²) in [5.74, 6) is 1.11. The Balaban J connectivity index is 1.24. The van der Waals surface area contributed by atoms with Crippen LogP contribution in [0.25, 0.3) is 33.7 Å². The Morgan fingerprint density at radius 2 is 1.68 bits per heavy atom. The third-order valence-electron chi connectivity index (χ3n) is 5.40. The number of carbonyl (C=O) groups excluding carboxylic acids is 1. The zero-order valence-corrected chi connectivity index (χ0v) is 18.0. The average Bonchev–Trinajstić information content (AvgIpc) is 3.49. The van der Waals surface area contributed by atoms with Crippen molar-refractivity contribution in [3.8, 4) is 22.7 Å². The summed E-state index contributed by atoms with van der Waals surface area (Å²) in [6.45, 7) is -2.72. The molecule has 0 aliphatic heterocycles. The summed E-state index contributed by atoms with van der Waals surface area (Å²) in [6.07, 6.45) is 2.20. The highest BCUT2D eigenvalue weighted by atomic mass is 19.3. The molecule has 0 unspecified atom stereocenters. The molecule has 1 N–H and O–H groups in total. The molecule has 6 nitrogen and oxygen atoms in total. The highest BCUT2D eigenvalue weighted by molar-refractivity contribution is 5.91. The maximum absolute atomic E-state index is 13.7. The number of oxazole rings is 1. The van der Waals surface area contributed by atoms with Gasteiger partial charge in [-0.3, -0.25) is 9.36 Å². The van der Waals surface area contributed by atoms with E-state index in [2.05, 4.69) is 15.3 Å². The number of amides is 1. The van der Waals surface area contributed by atoms with Gasteiger partial charge in [0.1, 0.15) is 5.82 Å². The van der Waals surface area contributed by atoms with E-state index in [9.17, 15) is 13.6 Å². The molecule has 0 aliphatic carbocycles. The first-order chi connectivity index (χ1) is 16.6. The van der Waals surface area contributed by atoms with Crippen LogP contribution in [0, 0.1) is 0 Å². The van der Waals surface area contributed by atoms with Crippen molar-refractivity contribution in [2.45, 2.75) is 19.4 Å². The minimum atomic E-state index is -2.72. The van der Waals surface area contributed by atoms with Crippen LogP contribution in [-0.2, 0) is 11.2 Å². The number of anilines is 1. The van der Waals surface area contributed by atoms with Crippen molar-refractivity contribution in [3.05, 3.63) is 91.0 Å². The molecule has 0 atom stereocenters. The van der Waals surface area contributed by atoms with Crippen LogP contribution < -0.4 is 5.32 Å². The Labute approximate surface area is 193 Å². The van der Waals surface area contributed by atoms with E-state index in [1.54, 1.807) is 54.7 Å². The molecular weight excluding hydrogens is 438 g/mol. The summed E-state index contributed by atoms with van der Waals surface area (Å²) in [6, 6.07) is 23.0. The SMILES string of the molecule is O=C(CCc1ncc(-c2ccccc2)o1)Nc1ccc(-c2nc3ccccc3n2C(F)F)cc1. The molecule has 2 aromatic heterocycles. The van der Waals surface area contributed by atoms with Crippen LogP contribution >= 0.6 is 0 Å². The Morgan fingerprint density at radius 3 is 2.44 bits per heavy atom. The number of rotatable bonds is 7. The van der Waals surface area contributed by atoms with Crippen LogP contribution in [0.3, 0.4) is 0 Å². The van der Waals surface area contributed by atoms with Gasteiger partial charge >= 0.3 is 6.55 Å². The number of alkyl halides is 2. The predicted octanol–water partition coefficient (Wildman–Crippen LogP) is 6.32. The summed E-state index contributed by atoms with van der Waals surface area (Å²) in [7, 11) is 0. The summed E-state index contributed by atoms with van der Waals surface area (Å²) in [4.78, 5) is 21.0. The van der Waals surface area contributed by atoms with Gasteiger partial charge in [0.05, 0.1) is 17.2 Å². The second-order valence-corrected chi connectivity index (χ2v) is 7.68. The average molecular weight is 458 g/mol. The van der Waals surface area contributed by atoms with E-state index in [1.807, 2.05) is 30.3 Å². The standard InChI is InChI=1S/C26H20F2N4O2/c27-26(28)32-21-9-5-4-8-20(21)31-25(32)18-10-12-19(13-11-18)30-23(33)14-15-24-29-16-22(34-24)17-6-2-1-3-7-17/h1-13,16,26H,14-15H2,(H,30,33). The molecule has 5 aromatic rings. The van der Waals surface area contributed by atoms with Crippen LogP contribution in [-0.4, -0.2) is 20.4 Å². The molecule has 0 aliphatic rings. The predicted molar refractivity (Wildman–Crippen MR) is 125 cm³/mol. The lowest BCUT2D eigenvalue weighted by Gasteiger charge is -2.09. The summed E-state index contributed by atoms with van der Waals surface area (Å²) >= 11 is 0. The largest absolute Gasteiger partial charge is 0.441 e. The number of halogens is 2. The Kier molecular flexibility index (Phi) is 5.86. The normalized spacial score (nSPS) is 11.3. The number of carbonyl (C=O) groups is 1. The molecule has 170 valence electrons. The van der Waals surface area contributed by atoms with Crippen molar-refractivity contribution in [2.75, 3.05) is 5.32 Å². The van der Waals surface area contributed by atoms with Crippen molar-refractivity contribution in [2.24, 2.45) is 0 Å². The number of aryl methyl sites for hydroxylation is 1. The molecule has 0 spiro atoms. The third-order valence-corrected chi connectivity index (χ3v) is 5.40. The number of nitrogens with zero attached hydrogens (tertiary/aromatic N) is 3. The number of fused-ring (bicyclic) bond motifs is 1. The second-order valence-electron chi connectivity index (χ2n) is 7.68. The topological polar surface area (TPSA) is 73.0 Å². The van der Waals surface area contributed by atoms with Crippen LogP contribution in [0.5, 0.6) is 0 Å². The van der Waals surface area contributed by atoms with Crippen molar-refractivity contribution in [1.29, 1.82) is 0 Å². The number of hydrogen-bond donors (Lipinski definition) is 1. The maximum Gasteiger partial charge on any atom is 0.320 e. The summed E-state index contributed by atoms with van der Waals surface area (Å²) in [5, 5.41) is 2.81. The molecule has 0 saturated heterocycles. The second kappa shape index (κ2) is 9.27. The molecule has 2 heterocycles. The zero-order valence-electron chi connectivity index (χ0n) is 18.0. The van der Waals surface area contributed by atoms with Gasteiger partial charge in [-0.25, -0.2) is 9.97 Å². The van der Waals surface area contributed by atoms with Gasteiger partial charge in [0.15, 0.2) is 11.7 Å². The van der Waals surface area contributed by atoms with Gasteiger partial charge in [-0.15, -0.1) is 0 Å². The van der Waals surface area contributed by atoms with E-state index < -0.39 is 6.55 Å².